The molecule has 0 aliphatic heterocycles. The molecule has 2 heterocycles. The SMILES string of the molecule is CCCc1c(C(=O)Nc2ccc3sc(C)nc3c2)cnn1-c1ccccc1. The maximum atomic E-state index is 12.9. The highest BCUT2D eigenvalue weighted by Crippen LogP contribution is 2.25. The number of hydrogen-bond donors (Lipinski definition) is 1. The summed E-state index contributed by atoms with van der Waals surface area (Å²) < 4.78 is 2.97. The fourth-order valence-corrected chi connectivity index (χ4v) is 3.96. The minimum absolute atomic E-state index is 0.146. The lowest BCUT2D eigenvalue weighted by molar-refractivity contribution is 0.102. The molecule has 4 rings (SSSR count). The van der Waals surface area contributed by atoms with E-state index < -0.39 is 0 Å². The predicted octanol–water partition coefficient (Wildman–Crippen LogP) is 5.00. The first-order valence-corrected chi connectivity index (χ1v) is 9.78. The maximum Gasteiger partial charge on any atom is 0.259 e. The molecule has 0 aliphatic carbocycles. The molecule has 0 saturated heterocycles. The van der Waals surface area contributed by atoms with Crippen molar-refractivity contribution in [1.29, 1.82) is 0 Å². The van der Waals surface area contributed by atoms with E-state index in [1.807, 2.05) is 60.1 Å². The van der Waals surface area contributed by atoms with Crippen LogP contribution >= 0.6 is 11.3 Å². The van der Waals surface area contributed by atoms with E-state index in [-0.39, 0.29) is 5.91 Å². The molecule has 2 aromatic carbocycles. The van der Waals surface area contributed by atoms with Crippen molar-refractivity contribution in [3.05, 3.63) is 71.0 Å². The fraction of sp³-hybridized carbons (Fsp3) is 0.190. The Kier molecular flexibility index (Phi) is 4.73. The van der Waals surface area contributed by atoms with Crippen LogP contribution in [0.2, 0.25) is 0 Å². The van der Waals surface area contributed by atoms with Crippen LogP contribution in [0, 0.1) is 6.92 Å². The number of para-hydroxylation sites is 1. The van der Waals surface area contributed by atoms with Gasteiger partial charge in [-0.3, -0.25) is 4.79 Å². The van der Waals surface area contributed by atoms with E-state index in [2.05, 4.69) is 22.3 Å². The number of carbonyl (C=O) groups is 1. The molecule has 1 N–H and O–H groups in total. The van der Waals surface area contributed by atoms with E-state index in [1.165, 1.54) is 0 Å². The van der Waals surface area contributed by atoms with Gasteiger partial charge in [0.2, 0.25) is 0 Å². The average Bonchev–Trinajstić information content (AvgIpc) is 3.25. The number of thiazole rings is 1. The highest BCUT2D eigenvalue weighted by molar-refractivity contribution is 7.18. The lowest BCUT2D eigenvalue weighted by atomic mass is 10.1. The predicted molar refractivity (Wildman–Crippen MR) is 110 cm³/mol. The number of hydrogen-bond acceptors (Lipinski definition) is 4. The normalized spacial score (nSPS) is 11.0. The second-order valence-corrected chi connectivity index (χ2v) is 7.61. The highest BCUT2D eigenvalue weighted by Gasteiger charge is 2.18. The van der Waals surface area contributed by atoms with Gasteiger partial charge in [-0.15, -0.1) is 11.3 Å². The number of aromatic nitrogens is 3. The van der Waals surface area contributed by atoms with Crippen LogP contribution in [0.1, 0.15) is 34.4 Å². The van der Waals surface area contributed by atoms with Crippen molar-refractivity contribution in [2.75, 3.05) is 5.32 Å². The van der Waals surface area contributed by atoms with Crippen molar-refractivity contribution in [2.24, 2.45) is 0 Å². The Morgan fingerprint density at radius 1 is 1.19 bits per heavy atom. The lowest BCUT2D eigenvalue weighted by Gasteiger charge is -2.09. The van der Waals surface area contributed by atoms with Gasteiger partial charge in [0.15, 0.2) is 0 Å². The number of benzene rings is 2. The number of nitrogens with one attached hydrogen (secondary N) is 1. The number of carbonyl (C=O) groups excluding carboxylic acids is 1. The standard InChI is InChI=1S/C21H20N4OS/c1-3-7-19-17(13-22-25(19)16-8-5-4-6-9-16)21(26)24-15-10-11-20-18(12-15)23-14(2)27-20/h4-6,8-13H,3,7H2,1-2H3,(H,24,26). The molecule has 1 amide bonds. The zero-order valence-electron chi connectivity index (χ0n) is 15.3. The minimum atomic E-state index is -0.146. The maximum absolute atomic E-state index is 12.9. The molecular formula is C21H20N4OS. The summed E-state index contributed by atoms with van der Waals surface area (Å²) >= 11 is 1.65. The van der Waals surface area contributed by atoms with Crippen molar-refractivity contribution in [1.82, 2.24) is 14.8 Å². The van der Waals surface area contributed by atoms with Crippen LogP contribution in [-0.2, 0) is 6.42 Å². The molecule has 136 valence electrons. The fourth-order valence-electron chi connectivity index (χ4n) is 3.15. The summed E-state index contributed by atoms with van der Waals surface area (Å²) in [5.41, 5.74) is 4.14. The summed E-state index contributed by atoms with van der Waals surface area (Å²) in [4.78, 5) is 17.4. The highest BCUT2D eigenvalue weighted by atomic mass is 32.1. The number of nitrogens with zero attached hydrogens (tertiary/aromatic N) is 3. The lowest BCUT2D eigenvalue weighted by Crippen LogP contribution is -2.14. The summed E-state index contributed by atoms with van der Waals surface area (Å²) in [6.07, 6.45) is 3.36. The molecule has 6 heteroatoms. The first-order chi connectivity index (χ1) is 13.2. The van der Waals surface area contributed by atoms with Crippen molar-refractivity contribution >= 4 is 33.1 Å². The molecule has 4 aromatic rings. The summed E-state index contributed by atoms with van der Waals surface area (Å²) in [6.45, 7) is 4.08. The first kappa shape index (κ1) is 17.4. The quantitative estimate of drug-likeness (QED) is 0.533. The second kappa shape index (κ2) is 7.32. The Balaban J connectivity index is 1.65. The number of fused-ring (bicyclic) bond motifs is 1. The molecule has 0 aliphatic rings. The monoisotopic (exact) mass is 376 g/mol. The summed E-state index contributed by atoms with van der Waals surface area (Å²) in [6, 6.07) is 15.7. The van der Waals surface area contributed by atoms with Crippen molar-refractivity contribution < 1.29 is 4.79 Å². The number of anilines is 1. The molecule has 0 bridgehead atoms. The van der Waals surface area contributed by atoms with Gasteiger partial charge in [0.25, 0.3) is 5.91 Å². The van der Waals surface area contributed by atoms with E-state index in [4.69, 9.17) is 0 Å². The van der Waals surface area contributed by atoms with E-state index in [0.717, 1.165) is 45.1 Å². The first-order valence-electron chi connectivity index (χ1n) is 8.96. The van der Waals surface area contributed by atoms with Gasteiger partial charge in [-0.25, -0.2) is 9.67 Å². The molecular weight excluding hydrogens is 356 g/mol. The van der Waals surface area contributed by atoms with Gasteiger partial charge in [0.05, 0.1) is 38.4 Å². The van der Waals surface area contributed by atoms with Crippen LogP contribution in [0.4, 0.5) is 5.69 Å². The molecule has 0 fully saturated rings. The molecule has 27 heavy (non-hydrogen) atoms. The zero-order valence-corrected chi connectivity index (χ0v) is 16.1. The van der Waals surface area contributed by atoms with Gasteiger partial charge in [-0.05, 0) is 43.7 Å². The Bertz CT molecular complexity index is 1100. The smallest absolute Gasteiger partial charge is 0.259 e. The molecule has 0 unspecified atom stereocenters. The van der Waals surface area contributed by atoms with Gasteiger partial charge >= 0.3 is 0 Å². The van der Waals surface area contributed by atoms with Gasteiger partial charge in [0, 0.05) is 5.69 Å². The largest absolute Gasteiger partial charge is 0.322 e. The topological polar surface area (TPSA) is 59.8 Å². The molecule has 0 radical (unpaired) electrons. The Morgan fingerprint density at radius 3 is 2.78 bits per heavy atom. The average molecular weight is 376 g/mol. The third-order valence-electron chi connectivity index (χ3n) is 4.35. The Morgan fingerprint density at radius 2 is 2.00 bits per heavy atom. The van der Waals surface area contributed by atoms with Crippen LogP contribution in [-0.4, -0.2) is 20.7 Å². The third-order valence-corrected chi connectivity index (χ3v) is 5.31. The Hall–Kier alpha value is -2.99. The Labute approximate surface area is 161 Å². The van der Waals surface area contributed by atoms with E-state index in [9.17, 15) is 4.79 Å². The molecule has 0 saturated carbocycles. The van der Waals surface area contributed by atoms with E-state index in [0.29, 0.717) is 5.56 Å². The van der Waals surface area contributed by atoms with E-state index in [1.54, 1.807) is 17.5 Å². The summed E-state index contributed by atoms with van der Waals surface area (Å²) in [5, 5.41) is 8.48. The number of aryl methyl sites for hydroxylation is 1. The molecule has 0 spiro atoms. The third kappa shape index (κ3) is 3.48. The number of amides is 1. The number of rotatable bonds is 5. The van der Waals surface area contributed by atoms with E-state index >= 15 is 0 Å². The van der Waals surface area contributed by atoms with Crippen LogP contribution in [0.5, 0.6) is 0 Å². The van der Waals surface area contributed by atoms with Crippen LogP contribution in [0.15, 0.2) is 54.7 Å². The van der Waals surface area contributed by atoms with Crippen LogP contribution in [0.3, 0.4) is 0 Å². The van der Waals surface area contributed by atoms with Crippen molar-refractivity contribution in [3.8, 4) is 5.69 Å². The zero-order chi connectivity index (χ0) is 18.8. The summed E-state index contributed by atoms with van der Waals surface area (Å²) in [5.74, 6) is -0.146. The van der Waals surface area contributed by atoms with Crippen LogP contribution in [0.25, 0.3) is 15.9 Å². The summed E-state index contributed by atoms with van der Waals surface area (Å²) in [7, 11) is 0. The minimum Gasteiger partial charge on any atom is -0.322 e. The van der Waals surface area contributed by atoms with Gasteiger partial charge < -0.3 is 5.32 Å². The molecule has 2 aromatic heterocycles. The molecule has 5 nitrogen and oxygen atoms in total. The van der Waals surface area contributed by atoms with Gasteiger partial charge in [0.1, 0.15) is 0 Å². The van der Waals surface area contributed by atoms with Gasteiger partial charge in [-0.1, -0.05) is 31.5 Å². The van der Waals surface area contributed by atoms with Gasteiger partial charge in [-0.2, -0.15) is 5.10 Å². The second-order valence-electron chi connectivity index (χ2n) is 6.37. The van der Waals surface area contributed by atoms with Crippen molar-refractivity contribution in [2.45, 2.75) is 26.7 Å². The van der Waals surface area contributed by atoms with Crippen LogP contribution < -0.4 is 5.32 Å². The van der Waals surface area contributed by atoms with Crippen molar-refractivity contribution in [3.63, 3.8) is 0 Å². The molecule has 0 atom stereocenters.